The lowest BCUT2D eigenvalue weighted by Gasteiger charge is -1.88. The Morgan fingerprint density at radius 3 is 2.43 bits per heavy atom. The van der Waals surface area contributed by atoms with Crippen LogP contribution in [0.5, 0.6) is 0 Å². The highest BCUT2D eigenvalue weighted by Gasteiger charge is 1.79. The third-order valence-corrected chi connectivity index (χ3v) is 0.351. The minimum absolute atomic E-state index is 0. The molecule has 0 aliphatic heterocycles. The predicted molar refractivity (Wildman–Crippen MR) is 24.4 cm³/mol. The van der Waals surface area contributed by atoms with Crippen LogP contribution in [0, 0.1) is 0 Å². The van der Waals surface area contributed by atoms with Crippen molar-refractivity contribution >= 4 is 6.03 Å². The van der Waals surface area contributed by atoms with Gasteiger partial charge in [0.15, 0.2) is 0 Å². The van der Waals surface area contributed by atoms with Crippen LogP contribution >= 0.6 is 0 Å². The predicted octanol–water partition coefficient (Wildman–Crippen LogP) is -3.21. The maximum Gasteiger partial charge on any atom is 1.00 e. The summed E-state index contributed by atoms with van der Waals surface area (Å²) in [5, 5.41) is 2.35. The van der Waals surface area contributed by atoms with E-state index in [1.165, 1.54) is 0 Å². The van der Waals surface area contributed by atoms with Gasteiger partial charge in [-0.15, -0.1) is 0 Å². The second kappa shape index (κ2) is 5.56. The zero-order valence-corrected chi connectivity index (χ0v) is 4.83. The van der Waals surface area contributed by atoms with Crippen LogP contribution in [0.15, 0.2) is 0 Å². The Kier molecular flexibility index (Phi) is 7.75. The summed E-state index contributed by atoms with van der Waals surface area (Å²) in [6.45, 7) is 2.42. The maximum absolute atomic E-state index is 9.71. The highest BCUT2D eigenvalue weighted by atomic mass is 35.5. The van der Waals surface area contributed by atoms with Gasteiger partial charge in [0.05, 0.1) is 0 Å². The normalized spacial score (nSPS) is 6.43. The number of rotatable bonds is 1. The van der Waals surface area contributed by atoms with Crippen molar-refractivity contribution in [2.75, 3.05) is 6.54 Å². The van der Waals surface area contributed by atoms with E-state index in [2.05, 4.69) is 11.1 Å². The lowest BCUT2D eigenvalue weighted by Crippen LogP contribution is -3.00. The molecule has 0 unspecified atom stereocenters. The third kappa shape index (κ3) is 10.8. The van der Waals surface area contributed by atoms with E-state index in [1.807, 2.05) is 6.92 Å². The molecule has 0 saturated carbocycles. The van der Waals surface area contributed by atoms with E-state index in [1.54, 1.807) is 0 Å². The fourth-order valence-corrected chi connectivity index (χ4v) is 0.174. The molecule has 7 heavy (non-hydrogen) atoms. The first-order valence-electron chi connectivity index (χ1n) is 1.80. The first kappa shape index (κ1) is 9.75. The maximum atomic E-state index is 9.71. The molecule has 0 spiro atoms. The number of primary amides is 1. The lowest BCUT2D eigenvalue weighted by atomic mass is 10.7. The highest BCUT2D eigenvalue weighted by Crippen LogP contribution is 1.49. The van der Waals surface area contributed by atoms with Crippen LogP contribution in [-0.2, 0) is 0 Å². The van der Waals surface area contributed by atoms with Gasteiger partial charge in [-0.3, -0.25) is 0 Å². The average Bonchev–Trinajstić information content (AvgIpc) is 1.35. The summed E-state index contributed by atoms with van der Waals surface area (Å²) in [5.74, 6) is 0. The van der Waals surface area contributed by atoms with Gasteiger partial charge in [-0.1, -0.05) is 0 Å². The lowest BCUT2D eigenvalue weighted by molar-refractivity contribution is -0.00000492. The first-order chi connectivity index (χ1) is 2.77. The van der Waals surface area contributed by atoms with E-state index >= 15 is 0 Å². The van der Waals surface area contributed by atoms with Crippen LogP contribution < -0.4 is 23.5 Å². The van der Waals surface area contributed by atoms with E-state index in [0.717, 1.165) is 0 Å². The molecule has 0 heterocycles. The van der Waals surface area contributed by atoms with Crippen molar-refractivity contribution in [2.45, 2.75) is 6.92 Å². The van der Waals surface area contributed by atoms with Crippen LogP contribution in [0.4, 0.5) is 4.79 Å². The molecule has 0 aliphatic carbocycles. The van der Waals surface area contributed by atoms with Gasteiger partial charge in [0.2, 0.25) is 0 Å². The van der Waals surface area contributed by atoms with Gasteiger partial charge < -0.3 is 23.5 Å². The Morgan fingerprint density at radius 2 is 2.43 bits per heavy atom. The summed E-state index contributed by atoms with van der Waals surface area (Å²) in [7, 11) is 0. The minimum Gasteiger partial charge on any atom is -1.00 e. The summed E-state index contributed by atoms with van der Waals surface area (Å²) < 4.78 is 0. The summed E-state index contributed by atoms with van der Waals surface area (Å²) in [6.07, 6.45) is 0. The van der Waals surface area contributed by atoms with E-state index in [4.69, 9.17) is 0 Å². The molecule has 2 amide bonds. The van der Waals surface area contributed by atoms with E-state index in [9.17, 15) is 4.79 Å². The molecule has 0 aromatic carbocycles. The third-order valence-electron chi connectivity index (χ3n) is 0.351. The number of hydrogen-bond donors (Lipinski definition) is 2. The molecule has 44 valence electrons. The number of halogens is 1. The molecule has 0 saturated heterocycles. The molecule has 0 rings (SSSR count). The van der Waals surface area contributed by atoms with Crippen molar-refractivity contribution in [3.05, 3.63) is 0 Å². The first-order valence-corrected chi connectivity index (χ1v) is 1.80. The largest absolute Gasteiger partial charge is 1.00 e. The van der Waals surface area contributed by atoms with Gasteiger partial charge >= 0.3 is 7.46 Å². The zero-order valence-electron chi connectivity index (χ0n) is 5.07. The molecule has 0 aromatic heterocycles. The monoisotopic (exact) mass is 124 g/mol. The second-order valence-corrected chi connectivity index (χ2v) is 0.895. The van der Waals surface area contributed by atoms with Crippen LogP contribution in [-0.4, -0.2) is 12.6 Å². The molecule has 0 bridgehead atoms. The molecular formula is C3H9ClN2O. The average molecular weight is 125 g/mol. The SMILES string of the molecule is CCNC(N)=O.[Cl-].[H+]. The molecule has 3 nitrogen and oxygen atoms in total. The molecule has 0 aliphatic rings. The van der Waals surface area contributed by atoms with E-state index < -0.39 is 6.03 Å². The van der Waals surface area contributed by atoms with Crippen molar-refractivity contribution in [3.8, 4) is 0 Å². The molecular weight excluding hydrogens is 115 g/mol. The fourth-order valence-electron chi connectivity index (χ4n) is 0.174. The number of carbonyl (C=O) groups is 1. The Labute approximate surface area is 50.2 Å². The number of nitrogens with one attached hydrogen (secondary N) is 1. The van der Waals surface area contributed by atoms with Gasteiger partial charge in [0.1, 0.15) is 0 Å². The van der Waals surface area contributed by atoms with Crippen molar-refractivity contribution < 1.29 is 18.6 Å². The Morgan fingerprint density at radius 1 is 2.00 bits per heavy atom. The quantitative estimate of drug-likeness (QED) is 0.380. The van der Waals surface area contributed by atoms with Crippen molar-refractivity contribution in [2.24, 2.45) is 5.73 Å². The minimum atomic E-state index is -0.461. The Hall–Kier alpha value is -0.440. The van der Waals surface area contributed by atoms with Crippen molar-refractivity contribution in [1.82, 2.24) is 5.32 Å². The topological polar surface area (TPSA) is 55.1 Å². The summed E-state index contributed by atoms with van der Waals surface area (Å²) in [6, 6.07) is -0.461. The summed E-state index contributed by atoms with van der Waals surface area (Å²) >= 11 is 0. The summed E-state index contributed by atoms with van der Waals surface area (Å²) in [5.41, 5.74) is 4.65. The van der Waals surface area contributed by atoms with Crippen molar-refractivity contribution in [3.63, 3.8) is 0 Å². The van der Waals surface area contributed by atoms with Gasteiger partial charge in [-0.2, -0.15) is 0 Å². The smallest absolute Gasteiger partial charge is 1.00 e. The second-order valence-electron chi connectivity index (χ2n) is 0.895. The number of hydrogen-bond acceptors (Lipinski definition) is 1. The van der Waals surface area contributed by atoms with Crippen molar-refractivity contribution in [1.29, 1.82) is 0 Å². The highest BCUT2D eigenvalue weighted by molar-refractivity contribution is 5.71. The molecule has 0 fully saturated rings. The molecule has 0 atom stereocenters. The fraction of sp³-hybridized carbons (Fsp3) is 0.667. The van der Waals surface area contributed by atoms with E-state index in [0.29, 0.717) is 6.54 Å². The van der Waals surface area contributed by atoms with Crippen LogP contribution in [0.1, 0.15) is 8.35 Å². The zero-order chi connectivity index (χ0) is 4.99. The van der Waals surface area contributed by atoms with Crippen LogP contribution in [0.25, 0.3) is 0 Å². The van der Waals surface area contributed by atoms with Gasteiger partial charge in [-0.05, 0) is 6.92 Å². The number of carbonyl (C=O) groups excluding carboxylic acids is 1. The molecule has 3 N–H and O–H groups in total. The molecule has 4 heteroatoms. The Balaban J connectivity index is -0.000000125. The Bertz CT molecular complexity index is 61.2. The number of amides is 2. The van der Waals surface area contributed by atoms with Gasteiger partial charge in [0, 0.05) is 6.54 Å². The number of urea groups is 1. The standard InChI is InChI=1S/C3H8N2O.ClH/c1-2-5-3(4)6;/h2H2,1H3,(H3,4,5,6);1H. The summed E-state index contributed by atoms with van der Waals surface area (Å²) in [4.78, 5) is 9.71. The van der Waals surface area contributed by atoms with Gasteiger partial charge in [-0.25, -0.2) is 4.79 Å². The van der Waals surface area contributed by atoms with Gasteiger partial charge in [0.25, 0.3) is 0 Å². The number of nitrogens with two attached hydrogens (primary N) is 1. The van der Waals surface area contributed by atoms with Crippen LogP contribution in [0.2, 0.25) is 0 Å². The van der Waals surface area contributed by atoms with E-state index in [-0.39, 0.29) is 13.8 Å². The molecule has 0 radical (unpaired) electrons. The van der Waals surface area contributed by atoms with Crippen LogP contribution in [0.3, 0.4) is 0 Å². The molecule has 0 aromatic rings.